The molecule has 1 N–H and O–H groups in total. The van der Waals surface area contributed by atoms with Crippen LogP contribution >= 0.6 is 11.3 Å². The average molecular weight is 504 g/mol. The number of carbonyl (C=O) groups excluding carboxylic acids is 1. The van der Waals surface area contributed by atoms with E-state index in [1.807, 2.05) is 42.5 Å². The fourth-order valence-electron chi connectivity index (χ4n) is 5.35. The molecule has 0 unspecified atom stereocenters. The number of fused-ring (bicyclic) bond motifs is 1. The minimum Gasteiger partial charge on any atom is -0.440 e. The zero-order valence-corrected chi connectivity index (χ0v) is 22.5. The van der Waals surface area contributed by atoms with Crippen LogP contribution in [0.25, 0.3) is 0 Å². The predicted octanol–water partition coefficient (Wildman–Crippen LogP) is 7.88. The number of carbonyl (C=O) groups is 1. The van der Waals surface area contributed by atoms with Crippen molar-refractivity contribution in [3.63, 3.8) is 0 Å². The van der Waals surface area contributed by atoms with Crippen molar-refractivity contribution in [1.29, 1.82) is 0 Å². The maximum absolute atomic E-state index is 13.5. The van der Waals surface area contributed by atoms with E-state index in [9.17, 15) is 4.79 Å². The first kappa shape index (κ1) is 24.8. The van der Waals surface area contributed by atoms with Crippen LogP contribution in [-0.2, 0) is 12.8 Å². The summed E-state index contributed by atoms with van der Waals surface area (Å²) >= 11 is 1.67. The highest BCUT2D eigenvalue weighted by Crippen LogP contribution is 2.45. The van der Waals surface area contributed by atoms with E-state index in [4.69, 9.17) is 9.41 Å². The van der Waals surface area contributed by atoms with Crippen LogP contribution in [0, 0.1) is 11.3 Å². The lowest BCUT2D eigenvalue weighted by Gasteiger charge is -2.33. The maximum atomic E-state index is 13.5. The van der Waals surface area contributed by atoms with Crippen LogP contribution in [0.4, 0.5) is 16.6 Å². The van der Waals surface area contributed by atoms with Crippen molar-refractivity contribution < 1.29 is 9.21 Å². The first-order valence-corrected chi connectivity index (χ1v) is 14.1. The number of hydrogen-bond donors (Lipinski definition) is 1. The summed E-state index contributed by atoms with van der Waals surface area (Å²) < 4.78 is 6.14. The Kier molecular flexibility index (Phi) is 7.33. The fourth-order valence-corrected chi connectivity index (χ4v) is 6.61. The van der Waals surface area contributed by atoms with Crippen LogP contribution in [0.1, 0.15) is 79.4 Å². The van der Waals surface area contributed by atoms with Crippen molar-refractivity contribution in [3.8, 4) is 0 Å². The molecule has 1 amide bonds. The standard InChI is InChI=1S/C30H37N3O2S/c1-30(2,3)21-13-15-24-25(19-21)36-29(27(24)28(34)32-22-11-7-6-8-12-22)31-20-23-14-16-26(35-23)33-17-9-4-5-10-18-33/h6-8,11-12,14,16,20-21H,4-5,9-10,13,15,17-19H2,1-3H3,(H,32,34)/t21-/m0/s1. The summed E-state index contributed by atoms with van der Waals surface area (Å²) in [7, 11) is 0. The lowest BCUT2D eigenvalue weighted by atomic mass is 9.72. The molecule has 1 atom stereocenters. The molecule has 0 radical (unpaired) electrons. The first-order valence-electron chi connectivity index (χ1n) is 13.3. The number of hydrogen-bond acceptors (Lipinski definition) is 5. The van der Waals surface area contributed by atoms with Gasteiger partial charge in [-0.25, -0.2) is 4.99 Å². The number of para-hydroxylation sites is 1. The van der Waals surface area contributed by atoms with Crippen LogP contribution in [0.2, 0.25) is 0 Å². The number of anilines is 2. The number of nitrogens with one attached hydrogen (secondary N) is 1. The van der Waals surface area contributed by atoms with Gasteiger partial charge in [-0.3, -0.25) is 4.79 Å². The summed E-state index contributed by atoms with van der Waals surface area (Å²) in [5.41, 5.74) is 2.94. The molecule has 6 heteroatoms. The number of aliphatic imine (C=N–C) groups is 1. The molecule has 2 aliphatic rings. The molecular formula is C30H37N3O2S. The fraction of sp³-hybridized carbons (Fsp3) is 0.467. The Balaban J connectivity index is 1.42. The van der Waals surface area contributed by atoms with E-state index in [0.29, 0.717) is 5.92 Å². The van der Waals surface area contributed by atoms with Gasteiger partial charge in [-0.2, -0.15) is 0 Å². The third kappa shape index (κ3) is 5.59. The van der Waals surface area contributed by atoms with Gasteiger partial charge < -0.3 is 14.6 Å². The number of nitrogens with zero attached hydrogens (tertiary/aromatic N) is 2. The molecule has 1 aliphatic carbocycles. The van der Waals surface area contributed by atoms with Gasteiger partial charge in [-0.05, 0) is 67.2 Å². The average Bonchev–Trinajstić information content (AvgIpc) is 3.38. The highest BCUT2D eigenvalue weighted by molar-refractivity contribution is 7.16. The Bertz CT molecular complexity index is 1210. The van der Waals surface area contributed by atoms with Crippen LogP contribution in [-0.4, -0.2) is 25.2 Å². The Morgan fingerprint density at radius 3 is 2.56 bits per heavy atom. The molecule has 3 heterocycles. The smallest absolute Gasteiger partial charge is 0.259 e. The molecule has 5 rings (SSSR count). The lowest BCUT2D eigenvalue weighted by molar-refractivity contribution is 0.102. The Morgan fingerprint density at radius 1 is 1.08 bits per heavy atom. The maximum Gasteiger partial charge on any atom is 0.259 e. The first-order chi connectivity index (χ1) is 17.4. The SMILES string of the molecule is CC(C)(C)[C@H]1CCc2c(sc(N=Cc3ccc(N4CCCCCC4)o3)c2C(=O)Nc2ccccc2)C1. The van der Waals surface area contributed by atoms with E-state index in [0.717, 1.165) is 60.2 Å². The van der Waals surface area contributed by atoms with E-state index < -0.39 is 0 Å². The van der Waals surface area contributed by atoms with Crippen LogP contribution in [0.5, 0.6) is 0 Å². The lowest BCUT2D eigenvalue weighted by Crippen LogP contribution is -2.27. The molecule has 0 bridgehead atoms. The number of rotatable bonds is 5. The molecule has 5 nitrogen and oxygen atoms in total. The Hall–Kier alpha value is -2.86. The monoisotopic (exact) mass is 503 g/mol. The van der Waals surface area contributed by atoms with Crippen molar-refractivity contribution in [2.75, 3.05) is 23.3 Å². The Morgan fingerprint density at radius 2 is 1.83 bits per heavy atom. The quantitative estimate of drug-likeness (QED) is 0.360. The number of thiophene rings is 1. The number of furan rings is 1. The third-order valence-electron chi connectivity index (χ3n) is 7.57. The minimum absolute atomic E-state index is 0.0789. The zero-order chi connectivity index (χ0) is 25.1. The molecule has 3 aromatic rings. The largest absolute Gasteiger partial charge is 0.440 e. The number of amides is 1. The van der Waals surface area contributed by atoms with Gasteiger partial charge in [0.2, 0.25) is 0 Å². The molecule has 1 aromatic carbocycles. The summed E-state index contributed by atoms with van der Waals surface area (Å²) in [6.07, 6.45) is 9.79. The van der Waals surface area contributed by atoms with Gasteiger partial charge >= 0.3 is 0 Å². The van der Waals surface area contributed by atoms with Crippen molar-refractivity contribution >= 4 is 40.0 Å². The molecule has 2 aromatic heterocycles. The van der Waals surface area contributed by atoms with Crippen LogP contribution in [0.15, 0.2) is 51.9 Å². The van der Waals surface area contributed by atoms with Crippen molar-refractivity contribution in [3.05, 3.63) is 64.2 Å². The van der Waals surface area contributed by atoms with Gasteiger partial charge in [-0.15, -0.1) is 11.3 Å². The second-order valence-corrected chi connectivity index (χ2v) is 12.2. The van der Waals surface area contributed by atoms with E-state index in [1.54, 1.807) is 17.6 Å². The van der Waals surface area contributed by atoms with E-state index in [-0.39, 0.29) is 11.3 Å². The zero-order valence-electron chi connectivity index (χ0n) is 21.7. The van der Waals surface area contributed by atoms with E-state index in [1.165, 1.54) is 36.1 Å². The Labute approximate surface area is 218 Å². The molecule has 0 spiro atoms. The van der Waals surface area contributed by atoms with Gasteiger partial charge in [0.25, 0.3) is 5.91 Å². The molecule has 1 fully saturated rings. The molecule has 0 saturated carbocycles. The summed E-state index contributed by atoms with van der Waals surface area (Å²) in [6.45, 7) is 9.03. The van der Waals surface area contributed by atoms with Gasteiger partial charge in [0.1, 0.15) is 10.8 Å². The third-order valence-corrected chi connectivity index (χ3v) is 8.73. The summed E-state index contributed by atoms with van der Waals surface area (Å²) in [5, 5.41) is 3.87. The van der Waals surface area contributed by atoms with Crippen LogP contribution < -0.4 is 10.2 Å². The van der Waals surface area contributed by atoms with E-state index >= 15 is 0 Å². The van der Waals surface area contributed by atoms with Crippen LogP contribution in [0.3, 0.4) is 0 Å². The summed E-state index contributed by atoms with van der Waals surface area (Å²) in [4.78, 5) is 22.0. The van der Waals surface area contributed by atoms with Crippen molar-refractivity contribution in [2.24, 2.45) is 16.3 Å². The second kappa shape index (κ2) is 10.6. The topological polar surface area (TPSA) is 57.8 Å². The number of benzene rings is 1. The predicted molar refractivity (Wildman–Crippen MR) is 150 cm³/mol. The van der Waals surface area contributed by atoms with Crippen molar-refractivity contribution in [1.82, 2.24) is 0 Å². The molecule has 1 aliphatic heterocycles. The van der Waals surface area contributed by atoms with E-state index in [2.05, 4.69) is 31.0 Å². The second-order valence-electron chi connectivity index (χ2n) is 11.1. The highest BCUT2D eigenvalue weighted by atomic mass is 32.1. The molecule has 36 heavy (non-hydrogen) atoms. The minimum atomic E-state index is -0.0789. The van der Waals surface area contributed by atoms with Gasteiger partial charge in [0.05, 0.1) is 11.8 Å². The molecule has 1 saturated heterocycles. The normalized spacial score (nSPS) is 18.8. The molecule has 190 valence electrons. The summed E-state index contributed by atoms with van der Waals surface area (Å²) in [5.74, 6) is 2.16. The van der Waals surface area contributed by atoms with Gasteiger partial charge in [0, 0.05) is 29.7 Å². The van der Waals surface area contributed by atoms with Crippen molar-refractivity contribution in [2.45, 2.75) is 65.7 Å². The summed E-state index contributed by atoms with van der Waals surface area (Å²) in [6, 6.07) is 13.7. The van der Waals surface area contributed by atoms with Gasteiger partial charge in [-0.1, -0.05) is 51.8 Å². The molecular weight excluding hydrogens is 466 g/mol. The van der Waals surface area contributed by atoms with Gasteiger partial charge in [0.15, 0.2) is 5.88 Å². The highest BCUT2D eigenvalue weighted by Gasteiger charge is 2.33.